The average Bonchev–Trinajstić information content (AvgIpc) is 3.20. The van der Waals surface area contributed by atoms with Crippen LogP contribution in [0.15, 0.2) is 48.5 Å². The molecule has 0 radical (unpaired) electrons. The van der Waals surface area contributed by atoms with Crippen LogP contribution in [0.2, 0.25) is 5.02 Å². The summed E-state index contributed by atoms with van der Waals surface area (Å²) in [6.45, 7) is 6.28. The fraction of sp³-hybridized carbons (Fsp3) is 0.375. The van der Waals surface area contributed by atoms with Crippen LogP contribution in [0.1, 0.15) is 44.0 Å². The molecule has 1 aliphatic heterocycles. The van der Waals surface area contributed by atoms with Gasteiger partial charge in [0.2, 0.25) is 5.95 Å². The number of benzene rings is 2. The molecule has 3 heterocycles. The highest BCUT2D eigenvalue weighted by Gasteiger charge is 2.25. The third-order valence-corrected chi connectivity index (χ3v) is 6.33. The van der Waals surface area contributed by atoms with Gasteiger partial charge in [0.15, 0.2) is 5.65 Å². The second kappa shape index (κ2) is 7.88. The lowest BCUT2D eigenvalue weighted by molar-refractivity contribution is 0.400. The first-order chi connectivity index (χ1) is 14.6. The van der Waals surface area contributed by atoms with Crippen LogP contribution in [0.5, 0.6) is 0 Å². The number of piperidine rings is 1. The first-order valence-electron chi connectivity index (χ1n) is 10.7. The lowest BCUT2D eigenvalue weighted by atomic mass is 9.90. The van der Waals surface area contributed by atoms with Gasteiger partial charge in [-0.1, -0.05) is 55.8 Å². The molecule has 1 aliphatic rings. The van der Waals surface area contributed by atoms with E-state index in [1.165, 1.54) is 5.56 Å². The standard InChI is InChI=1S/C24H26ClN5/c1-16(2)22-27-28-23-20-9-8-19(25)15-21(20)26-24(30(22)23)29-12-10-18(11-13-29)14-17-6-4-3-5-7-17/h3-9,15-16,18H,10-14H2,1-2H3. The van der Waals surface area contributed by atoms with Crippen LogP contribution in [0.4, 0.5) is 5.95 Å². The molecule has 4 aromatic rings. The van der Waals surface area contributed by atoms with Crippen molar-refractivity contribution in [3.63, 3.8) is 0 Å². The van der Waals surface area contributed by atoms with E-state index in [1.54, 1.807) is 0 Å². The lowest BCUT2D eigenvalue weighted by Gasteiger charge is -2.33. The number of hydrogen-bond acceptors (Lipinski definition) is 4. The molecule has 5 nitrogen and oxygen atoms in total. The summed E-state index contributed by atoms with van der Waals surface area (Å²) < 4.78 is 2.15. The molecule has 30 heavy (non-hydrogen) atoms. The Morgan fingerprint density at radius 2 is 1.80 bits per heavy atom. The molecule has 0 aliphatic carbocycles. The Bertz CT molecular complexity index is 1180. The first-order valence-corrected chi connectivity index (χ1v) is 11.1. The number of aromatic nitrogens is 4. The molecule has 5 rings (SSSR count). The van der Waals surface area contributed by atoms with Crippen molar-refractivity contribution in [2.75, 3.05) is 18.0 Å². The molecule has 0 N–H and O–H groups in total. The van der Waals surface area contributed by atoms with Crippen LogP contribution in [-0.2, 0) is 6.42 Å². The van der Waals surface area contributed by atoms with Gasteiger partial charge in [-0.05, 0) is 48.9 Å². The third kappa shape index (κ3) is 3.52. The van der Waals surface area contributed by atoms with Gasteiger partial charge in [0, 0.05) is 29.4 Å². The maximum Gasteiger partial charge on any atom is 0.213 e. The number of halogens is 1. The van der Waals surface area contributed by atoms with Crippen LogP contribution in [0.25, 0.3) is 16.6 Å². The van der Waals surface area contributed by atoms with Crippen molar-refractivity contribution >= 4 is 34.1 Å². The number of anilines is 1. The van der Waals surface area contributed by atoms with Crippen molar-refractivity contribution in [2.45, 2.75) is 39.0 Å². The van der Waals surface area contributed by atoms with E-state index in [4.69, 9.17) is 16.6 Å². The molecule has 154 valence electrons. The minimum atomic E-state index is 0.265. The van der Waals surface area contributed by atoms with Gasteiger partial charge < -0.3 is 4.90 Å². The fourth-order valence-corrected chi connectivity index (χ4v) is 4.65. The SMILES string of the molecule is CC(C)c1nnc2c3ccc(Cl)cc3nc(N3CCC(Cc4ccccc4)CC3)n12. The van der Waals surface area contributed by atoms with Crippen molar-refractivity contribution in [3.8, 4) is 0 Å². The van der Waals surface area contributed by atoms with E-state index in [2.05, 4.69) is 63.7 Å². The number of hydrogen-bond donors (Lipinski definition) is 0. The molecule has 0 atom stereocenters. The van der Waals surface area contributed by atoms with E-state index in [-0.39, 0.29) is 5.92 Å². The molecular formula is C24H26ClN5. The second-order valence-electron chi connectivity index (χ2n) is 8.57. The fourth-order valence-electron chi connectivity index (χ4n) is 4.48. The summed E-state index contributed by atoms with van der Waals surface area (Å²) in [5, 5.41) is 10.7. The normalized spacial score (nSPS) is 15.5. The van der Waals surface area contributed by atoms with E-state index in [9.17, 15) is 0 Å². The molecule has 2 aromatic heterocycles. The molecule has 0 unspecified atom stereocenters. The van der Waals surface area contributed by atoms with Gasteiger partial charge in [-0.15, -0.1) is 10.2 Å². The lowest BCUT2D eigenvalue weighted by Crippen LogP contribution is -2.36. The maximum atomic E-state index is 6.26. The number of nitrogens with zero attached hydrogens (tertiary/aromatic N) is 5. The smallest absolute Gasteiger partial charge is 0.213 e. The van der Waals surface area contributed by atoms with Crippen LogP contribution in [0, 0.1) is 5.92 Å². The molecule has 1 saturated heterocycles. The van der Waals surface area contributed by atoms with E-state index in [1.807, 2.05) is 18.2 Å². The van der Waals surface area contributed by atoms with Crippen molar-refractivity contribution in [1.82, 2.24) is 19.6 Å². The van der Waals surface area contributed by atoms with Gasteiger partial charge in [-0.25, -0.2) is 9.38 Å². The number of rotatable bonds is 4. The maximum absolute atomic E-state index is 6.26. The van der Waals surface area contributed by atoms with E-state index in [0.717, 1.165) is 60.7 Å². The summed E-state index contributed by atoms with van der Waals surface area (Å²) >= 11 is 6.26. The highest BCUT2D eigenvalue weighted by molar-refractivity contribution is 6.31. The van der Waals surface area contributed by atoms with E-state index in [0.29, 0.717) is 10.9 Å². The van der Waals surface area contributed by atoms with Crippen LogP contribution in [0.3, 0.4) is 0 Å². The van der Waals surface area contributed by atoms with Crippen LogP contribution < -0.4 is 4.90 Å². The van der Waals surface area contributed by atoms with E-state index >= 15 is 0 Å². The second-order valence-corrected chi connectivity index (χ2v) is 9.00. The van der Waals surface area contributed by atoms with Crippen molar-refractivity contribution in [2.24, 2.45) is 5.92 Å². The Hall–Kier alpha value is -2.66. The van der Waals surface area contributed by atoms with Gasteiger partial charge in [0.05, 0.1) is 5.52 Å². The predicted octanol–water partition coefficient (Wildman–Crippen LogP) is 5.51. The minimum Gasteiger partial charge on any atom is -0.342 e. The topological polar surface area (TPSA) is 46.3 Å². The monoisotopic (exact) mass is 419 g/mol. The zero-order valence-corrected chi connectivity index (χ0v) is 18.2. The zero-order chi connectivity index (χ0) is 20.7. The van der Waals surface area contributed by atoms with Gasteiger partial charge in [-0.3, -0.25) is 0 Å². The van der Waals surface area contributed by atoms with Gasteiger partial charge >= 0.3 is 0 Å². The molecule has 2 aromatic carbocycles. The predicted molar refractivity (Wildman–Crippen MR) is 122 cm³/mol. The highest BCUT2D eigenvalue weighted by atomic mass is 35.5. The molecule has 6 heteroatoms. The summed E-state index contributed by atoms with van der Waals surface area (Å²) in [6, 6.07) is 16.6. The Kier molecular flexibility index (Phi) is 5.07. The Morgan fingerprint density at radius 1 is 1.03 bits per heavy atom. The van der Waals surface area contributed by atoms with Crippen LogP contribution in [-0.4, -0.2) is 32.7 Å². The van der Waals surface area contributed by atoms with Gasteiger partial charge in [-0.2, -0.15) is 0 Å². The molecule has 0 bridgehead atoms. The minimum absolute atomic E-state index is 0.265. The van der Waals surface area contributed by atoms with Gasteiger partial charge in [0.25, 0.3) is 0 Å². The largest absolute Gasteiger partial charge is 0.342 e. The zero-order valence-electron chi connectivity index (χ0n) is 17.4. The summed E-state index contributed by atoms with van der Waals surface area (Å²) in [4.78, 5) is 7.43. The third-order valence-electron chi connectivity index (χ3n) is 6.09. The molecule has 0 spiro atoms. The van der Waals surface area contributed by atoms with Gasteiger partial charge in [0.1, 0.15) is 5.82 Å². The molecule has 1 fully saturated rings. The highest BCUT2D eigenvalue weighted by Crippen LogP contribution is 2.31. The Balaban J connectivity index is 1.49. The summed E-state index contributed by atoms with van der Waals surface area (Å²) in [5.74, 6) is 2.86. The quantitative estimate of drug-likeness (QED) is 0.437. The number of fused-ring (bicyclic) bond motifs is 3. The van der Waals surface area contributed by atoms with Crippen molar-refractivity contribution in [3.05, 3.63) is 64.9 Å². The molecule has 0 amide bonds. The summed E-state index contributed by atoms with van der Waals surface area (Å²) in [5.41, 5.74) is 3.17. The first kappa shape index (κ1) is 19.3. The van der Waals surface area contributed by atoms with Crippen LogP contribution >= 0.6 is 11.6 Å². The Labute approximate surface area is 181 Å². The van der Waals surface area contributed by atoms with E-state index < -0.39 is 0 Å². The average molecular weight is 420 g/mol. The molecule has 0 saturated carbocycles. The summed E-state index contributed by atoms with van der Waals surface area (Å²) in [6.07, 6.45) is 3.46. The summed E-state index contributed by atoms with van der Waals surface area (Å²) in [7, 11) is 0. The Morgan fingerprint density at radius 3 is 2.53 bits per heavy atom. The molecular weight excluding hydrogens is 394 g/mol. The van der Waals surface area contributed by atoms with Crippen molar-refractivity contribution < 1.29 is 0 Å². The van der Waals surface area contributed by atoms with Crippen molar-refractivity contribution in [1.29, 1.82) is 0 Å².